The van der Waals surface area contributed by atoms with Crippen LogP contribution in [-0.2, 0) is 21.1 Å². The molecule has 1 amide bonds. The van der Waals surface area contributed by atoms with Crippen molar-refractivity contribution in [1.82, 2.24) is 0 Å². The minimum atomic E-state index is -3.12. The van der Waals surface area contributed by atoms with E-state index in [0.717, 1.165) is 17.0 Å². The molecule has 5 rings (SSSR count). The Kier molecular flexibility index (Phi) is 5.95. The number of amidine groups is 1. The van der Waals surface area contributed by atoms with Crippen LogP contribution < -0.4 is 9.64 Å². The Bertz CT molecular complexity index is 1280. The normalized spacial score (nSPS) is 22.3. The van der Waals surface area contributed by atoms with Crippen molar-refractivity contribution in [2.75, 3.05) is 16.4 Å². The Hall–Kier alpha value is -3.10. The van der Waals surface area contributed by atoms with Gasteiger partial charge in [0, 0.05) is 10.9 Å². The van der Waals surface area contributed by atoms with Gasteiger partial charge in [0.05, 0.1) is 24.0 Å². The summed E-state index contributed by atoms with van der Waals surface area (Å²) in [5, 5.41) is 0.413. The summed E-state index contributed by atoms with van der Waals surface area (Å²) in [6.45, 7) is 0. The highest BCUT2D eigenvalue weighted by atomic mass is 32.2. The van der Waals surface area contributed by atoms with Gasteiger partial charge in [-0.3, -0.25) is 4.79 Å². The van der Waals surface area contributed by atoms with Crippen molar-refractivity contribution >= 4 is 38.4 Å². The van der Waals surface area contributed by atoms with E-state index in [1.165, 1.54) is 11.8 Å². The third kappa shape index (κ3) is 4.96. The number of rotatable bonds is 5. The molecule has 0 radical (unpaired) electrons. The maximum atomic E-state index is 12.7. The lowest BCUT2D eigenvalue weighted by atomic mass is 10.1. The fourth-order valence-electron chi connectivity index (χ4n) is 4.08. The number of ether oxygens (including phenoxy) is 1. The van der Waals surface area contributed by atoms with Crippen LogP contribution in [-0.4, -0.2) is 42.3 Å². The number of hydrogen-bond donors (Lipinski definition) is 0. The van der Waals surface area contributed by atoms with Crippen LogP contribution in [0.15, 0.2) is 89.9 Å². The number of hydrogen-bond acceptors (Lipinski definition) is 5. The van der Waals surface area contributed by atoms with E-state index in [9.17, 15) is 13.2 Å². The first-order valence-corrected chi connectivity index (χ1v) is 13.3. The van der Waals surface area contributed by atoms with Gasteiger partial charge in [-0.15, -0.1) is 0 Å². The number of amides is 1. The Morgan fingerprint density at radius 3 is 2.24 bits per heavy atom. The molecule has 2 heterocycles. The highest BCUT2D eigenvalue weighted by Gasteiger charge is 2.49. The first kappa shape index (κ1) is 21.7. The van der Waals surface area contributed by atoms with Crippen molar-refractivity contribution in [1.29, 1.82) is 0 Å². The Morgan fingerprint density at radius 2 is 1.55 bits per heavy atom. The van der Waals surface area contributed by atoms with E-state index in [-0.39, 0.29) is 35.1 Å². The third-order valence-electron chi connectivity index (χ3n) is 5.58. The van der Waals surface area contributed by atoms with E-state index < -0.39 is 9.84 Å². The predicted molar refractivity (Wildman–Crippen MR) is 132 cm³/mol. The zero-order valence-corrected chi connectivity index (χ0v) is 19.3. The molecule has 2 aliphatic heterocycles. The molecule has 0 unspecified atom stereocenters. The monoisotopic (exact) mass is 478 g/mol. The summed E-state index contributed by atoms with van der Waals surface area (Å²) in [6.07, 6.45) is 0.205. The number of fused-ring (bicyclic) bond motifs is 1. The molecule has 2 saturated heterocycles. The Morgan fingerprint density at radius 1 is 0.909 bits per heavy atom. The predicted octanol–water partition coefficient (Wildman–Crippen LogP) is 4.32. The lowest BCUT2D eigenvalue weighted by Crippen LogP contribution is -2.37. The molecule has 0 N–H and O–H groups in total. The molecule has 0 aromatic heterocycles. The van der Waals surface area contributed by atoms with Gasteiger partial charge in [0.1, 0.15) is 11.5 Å². The molecule has 168 valence electrons. The molecule has 2 fully saturated rings. The number of benzene rings is 3. The number of carbonyl (C=O) groups excluding carboxylic acids is 1. The van der Waals surface area contributed by atoms with Crippen molar-refractivity contribution in [3.63, 3.8) is 0 Å². The van der Waals surface area contributed by atoms with Crippen molar-refractivity contribution in [3.8, 4) is 11.5 Å². The molecule has 0 spiro atoms. The summed E-state index contributed by atoms with van der Waals surface area (Å²) in [7, 11) is -3.12. The van der Waals surface area contributed by atoms with Gasteiger partial charge in [-0.1, -0.05) is 60.3 Å². The summed E-state index contributed by atoms with van der Waals surface area (Å²) in [4.78, 5) is 19.0. The van der Waals surface area contributed by atoms with Crippen LogP contribution in [0.4, 0.5) is 5.69 Å². The number of nitrogens with zero attached hydrogens (tertiary/aromatic N) is 2. The second kappa shape index (κ2) is 9.03. The van der Waals surface area contributed by atoms with Gasteiger partial charge in [0.25, 0.3) is 5.91 Å². The fraction of sp³-hybridized carbons (Fsp3) is 0.200. The van der Waals surface area contributed by atoms with Crippen LogP contribution in [0.25, 0.3) is 0 Å². The average Bonchev–Trinajstić information content (AvgIpc) is 3.26. The Balaban J connectivity index is 1.40. The molecule has 3 aromatic rings. The molecular weight excluding hydrogens is 456 g/mol. The van der Waals surface area contributed by atoms with Crippen LogP contribution in [0.2, 0.25) is 0 Å². The molecular formula is C25H22N2O4S2. The quantitative estimate of drug-likeness (QED) is 0.544. The first-order valence-electron chi connectivity index (χ1n) is 10.6. The molecule has 6 nitrogen and oxygen atoms in total. The highest BCUT2D eigenvalue weighted by Crippen LogP contribution is 2.41. The van der Waals surface area contributed by atoms with Gasteiger partial charge in [-0.05, 0) is 42.0 Å². The van der Waals surface area contributed by atoms with Crippen LogP contribution in [0, 0.1) is 0 Å². The molecule has 0 saturated carbocycles. The van der Waals surface area contributed by atoms with Crippen molar-refractivity contribution in [2.45, 2.75) is 17.7 Å². The number of para-hydroxylation sites is 1. The van der Waals surface area contributed by atoms with E-state index in [1.807, 2.05) is 89.8 Å². The highest BCUT2D eigenvalue weighted by molar-refractivity contribution is 8.16. The van der Waals surface area contributed by atoms with Crippen molar-refractivity contribution in [3.05, 3.63) is 90.5 Å². The summed E-state index contributed by atoms with van der Waals surface area (Å²) in [6, 6.07) is 26.1. The van der Waals surface area contributed by atoms with Crippen LogP contribution in [0.1, 0.15) is 5.56 Å². The molecule has 8 heteroatoms. The second-order valence-corrected chi connectivity index (χ2v) is 11.4. The maximum absolute atomic E-state index is 12.7. The van der Waals surface area contributed by atoms with Gasteiger partial charge >= 0.3 is 0 Å². The molecule has 2 aliphatic rings. The van der Waals surface area contributed by atoms with E-state index in [2.05, 4.69) is 4.99 Å². The third-order valence-corrected chi connectivity index (χ3v) is 8.79. The number of thioether (sulfide) groups is 1. The van der Waals surface area contributed by atoms with E-state index >= 15 is 0 Å². The van der Waals surface area contributed by atoms with Gasteiger partial charge in [0.2, 0.25) is 0 Å². The van der Waals surface area contributed by atoms with E-state index in [0.29, 0.717) is 10.9 Å². The molecule has 0 bridgehead atoms. The van der Waals surface area contributed by atoms with Gasteiger partial charge in [0.15, 0.2) is 15.0 Å². The standard InChI is InChI=1S/C25H22N2O4S2/c28-24(15-18-7-3-1-4-8-18)26-25-27(22-16-33(29,30)17-23(22)32-25)19-11-13-21(14-12-19)31-20-9-5-2-6-10-20/h1-14,22-23H,15-17H2/t22-,23+/m0/s1. The largest absolute Gasteiger partial charge is 0.457 e. The van der Waals surface area contributed by atoms with Crippen LogP contribution in [0.3, 0.4) is 0 Å². The topological polar surface area (TPSA) is 76.0 Å². The van der Waals surface area contributed by atoms with Crippen molar-refractivity contribution < 1.29 is 17.9 Å². The van der Waals surface area contributed by atoms with Crippen LogP contribution in [0.5, 0.6) is 11.5 Å². The lowest BCUT2D eigenvalue weighted by Gasteiger charge is -2.24. The van der Waals surface area contributed by atoms with Crippen molar-refractivity contribution in [2.24, 2.45) is 4.99 Å². The Labute approximate surface area is 197 Å². The zero-order chi connectivity index (χ0) is 22.8. The average molecular weight is 479 g/mol. The number of anilines is 1. The summed E-state index contributed by atoms with van der Waals surface area (Å²) >= 11 is 1.38. The number of sulfone groups is 1. The summed E-state index contributed by atoms with van der Waals surface area (Å²) in [5.74, 6) is 1.31. The summed E-state index contributed by atoms with van der Waals surface area (Å²) < 4.78 is 30.4. The second-order valence-electron chi connectivity index (χ2n) is 8.03. The minimum Gasteiger partial charge on any atom is -0.457 e. The summed E-state index contributed by atoms with van der Waals surface area (Å²) in [5.41, 5.74) is 1.69. The van der Waals surface area contributed by atoms with Gasteiger partial charge < -0.3 is 9.64 Å². The van der Waals surface area contributed by atoms with E-state index in [1.54, 1.807) is 0 Å². The number of aliphatic imine (C=N–C) groups is 1. The SMILES string of the molecule is O=C(Cc1ccccc1)N=C1S[C@@H]2CS(=O)(=O)C[C@@H]2N1c1ccc(Oc2ccccc2)cc1. The molecule has 3 aromatic carbocycles. The smallest absolute Gasteiger partial charge is 0.252 e. The first-order chi connectivity index (χ1) is 16.0. The van der Waals surface area contributed by atoms with Crippen LogP contribution >= 0.6 is 11.8 Å². The lowest BCUT2D eigenvalue weighted by molar-refractivity contribution is -0.117. The van der Waals surface area contributed by atoms with Gasteiger partial charge in [-0.2, -0.15) is 4.99 Å². The molecule has 33 heavy (non-hydrogen) atoms. The maximum Gasteiger partial charge on any atom is 0.252 e. The molecule has 0 aliphatic carbocycles. The van der Waals surface area contributed by atoms with Gasteiger partial charge in [-0.25, -0.2) is 8.42 Å². The molecule has 2 atom stereocenters. The fourth-order valence-corrected chi connectivity index (χ4v) is 8.01. The minimum absolute atomic E-state index is 0.0544. The number of carbonyl (C=O) groups is 1. The van der Waals surface area contributed by atoms with E-state index in [4.69, 9.17) is 4.74 Å². The zero-order valence-electron chi connectivity index (χ0n) is 17.7.